The third-order valence-electron chi connectivity index (χ3n) is 3.19. The van der Waals surface area contributed by atoms with E-state index in [1.807, 2.05) is 59.3 Å². The van der Waals surface area contributed by atoms with Crippen LogP contribution in [0.4, 0.5) is 5.69 Å². The fraction of sp³-hybridized carbons (Fsp3) is 0.125. The van der Waals surface area contributed by atoms with Crippen molar-refractivity contribution in [2.75, 3.05) is 11.9 Å². The highest BCUT2D eigenvalue weighted by molar-refractivity contribution is 5.77. The van der Waals surface area contributed by atoms with Gasteiger partial charge in [0.25, 0.3) is 0 Å². The van der Waals surface area contributed by atoms with E-state index < -0.39 is 0 Å². The Labute approximate surface area is 116 Å². The number of rotatable bonds is 4. The molecule has 1 heterocycles. The molecule has 1 aromatic heterocycles. The van der Waals surface area contributed by atoms with Crippen molar-refractivity contribution in [3.63, 3.8) is 0 Å². The number of nitrogens with zero attached hydrogens (tertiary/aromatic N) is 2. The zero-order chi connectivity index (χ0) is 13.8. The molecule has 0 spiro atoms. The highest BCUT2D eigenvalue weighted by Crippen LogP contribution is 2.08. The zero-order valence-corrected chi connectivity index (χ0v) is 11.0. The molecule has 0 aliphatic carbocycles. The Morgan fingerprint density at radius 2 is 1.75 bits per heavy atom. The number of nitrogens with one attached hydrogen (secondary N) is 1. The van der Waals surface area contributed by atoms with Crippen molar-refractivity contribution in [2.45, 2.75) is 6.54 Å². The molecule has 0 saturated carbocycles. The number of fused-ring (bicyclic) bond motifs is 1. The van der Waals surface area contributed by atoms with Crippen LogP contribution in [0, 0.1) is 0 Å². The van der Waals surface area contributed by atoms with Gasteiger partial charge in [0.2, 0.25) is 5.43 Å². The average molecular weight is 265 g/mol. The summed E-state index contributed by atoms with van der Waals surface area (Å²) in [5, 5.41) is 8.25. The molecule has 0 unspecified atom stereocenters. The van der Waals surface area contributed by atoms with E-state index >= 15 is 0 Å². The molecular weight excluding hydrogens is 250 g/mol. The van der Waals surface area contributed by atoms with Crippen LogP contribution in [0.15, 0.2) is 65.6 Å². The lowest BCUT2D eigenvalue weighted by Gasteiger charge is -2.10. The standard InChI is InChI=1S/C16H15N3O/c20-16-12-18-19(15-9-5-4-8-14(15)16)11-10-17-13-6-2-1-3-7-13/h1-9,12,17H,10-11H2. The van der Waals surface area contributed by atoms with Crippen molar-refractivity contribution in [3.05, 3.63) is 71.0 Å². The maximum absolute atomic E-state index is 11.7. The highest BCUT2D eigenvalue weighted by Gasteiger charge is 2.02. The molecule has 0 aliphatic rings. The van der Waals surface area contributed by atoms with Gasteiger partial charge in [-0.05, 0) is 24.3 Å². The molecule has 0 bridgehead atoms. The van der Waals surface area contributed by atoms with Crippen LogP contribution in [0.25, 0.3) is 10.9 Å². The molecule has 2 aromatic carbocycles. The molecule has 0 saturated heterocycles. The van der Waals surface area contributed by atoms with Crippen LogP contribution in [-0.2, 0) is 6.54 Å². The monoisotopic (exact) mass is 265 g/mol. The number of hydrogen-bond donors (Lipinski definition) is 1. The van der Waals surface area contributed by atoms with E-state index in [0.29, 0.717) is 11.9 Å². The van der Waals surface area contributed by atoms with E-state index in [9.17, 15) is 4.79 Å². The summed E-state index contributed by atoms with van der Waals surface area (Å²) in [5.41, 5.74) is 1.92. The normalized spacial score (nSPS) is 10.6. The second-order valence-electron chi connectivity index (χ2n) is 4.54. The van der Waals surface area contributed by atoms with Gasteiger partial charge in [-0.3, -0.25) is 9.48 Å². The molecule has 0 fully saturated rings. The van der Waals surface area contributed by atoms with E-state index in [2.05, 4.69) is 10.4 Å². The second kappa shape index (κ2) is 5.57. The predicted molar refractivity (Wildman–Crippen MR) is 80.9 cm³/mol. The van der Waals surface area contributed by atoms with Gasteiger partial charge in [0, 0.05) is 17.6 Å². The van der Waals surface area contributed by atoms with Gasteiger partial charge in [0.1, 0.15) is 0 Å². The van der Waals surface area contributed by atoms with Gasteiger partial charge in [0.05, 0.1) is 18.3 Å². The number of anilines is 1. The lowest BCUT2D eigenvalue weighted by atomic mass is 10.2. The van der Waals surface area contributed by atoms with Crippen molar-refractivity contribution in [2.24, 2.45) is 0 Å². The first-order valence-electron chi connectivity index (χ1n) is 6.58. The van der Waals surface area contributed by atoms with E-state index in [1.165, 1.54) is 6.20 Å². The zero-order valence-electron chi connectivity index (χ0n) is 11.0. The van der Waals surface area contributed by atoms with E-state index in [1.54, 1.807) is 0 Å². The van der Waals surface area contributed by atoms with Crippen LogP contribution in [0.1, 0.15) is 0 Å². The first-order valence-corrected chi connectivity index (χ1v) is 6.58. The fourth-order valence-corrected chi connectivity index (χ4v) is 2.20. The van der Waals surface area contributed by atoms with E-state index in [-0.39, 0.29) is 5.43 Å². The molecule has 4 nitrogen and oxygen atoms in total. The molecule has 0 radical (unpaired) electrons. The van der Waals surface area contributed by atoms with E-state index in [4.69, 9.17) is 0 Å². The molecule has 20 heavy (non-hydrogen) atoms. The number of hydrogen-bond acceptors (Lipinski definition) is 3. The molecule has 0 atom stereocenters. The fourth-order valence-electron chi connectivity index (χ4n) is 2.20. The number of aromatic nitrogens is 2. The Morgan fingerprint density at radius 3 is 2.60 bits per heavy atom. The third kappa shape index (κ3) is 2.54. The van der Waals surface area contributed by atoms with Crippen molar-refractivity contribution in [1.29, 1.82) is 0 Å². The Hall–Kier alpha value is -2.62. The van der Waals surface area contributed by atoms with Crippen LogP contribution >= 0.6 is 0 Å². The van der Waals surface area contributed by atoms with Crippen molar-refractivity contribution in [3.8, 4) is 0 Å². The van der Waals surface area contributed by atoms with Gasteiger partial charge in [-0.1, -0.05) is 30.3 Å². The minimum absolute atomic E-state index is 0.0344. The van der Waals surface area contributed by atoms with Gasteiger partial charge >= 0.3 is 0 Å². The summed E-state index contributed by atoms with van der Waals surface area (Å²) >= 11 is 0. The molecule has 1 N–H and O–H groups in total. The number of para-hydroxylation sites is 2. The Balaban J connectivity index is 1.78. The molecule has 0 aliphatic heterocycles. The lowest BCUT2D eigenvalue weighted by molar-refractivity contribution is 0.646. The Bertz CT molecular complexity index is 765. The average Bonchev–Trinajstić information content (AvgIpc) is 2.51. The second-order valence-corrected chi connectivity index (χ2v) is 4.54. The van der Waals surface area contributed by atoms with Crippen molar-refractivity contribution >= 4 is 16.6 Å². The Kier molecular flexibility index (Phi) is 3.46. The molecule has 0 amide bonds. The lowest BCUT2D eigenvalue weighted by Crippen LogP contribution is -2.17. The third-order valence-corrected chi connectivity index (χ3v) is 3.19. The van der Waals surface area contributed by atoms with Gasteiger partial charge in [-0.15, -0.1) is 0 Å². The van der Waals surface area contributed by atoms with Gasteiger partial charge in [-0.2, -0.15) is 5.10 Å². The summed E-state index contributed by atoms with van der Waals surface area (Å²) in [6.45, 7) is 1.46. The van der Waals surface area contributed by atoms with Crippen LogP contribution in [0.2, 0.25) is 0 Å². The minimum Gasteiger partial charge on any atom is -0.383 e. The minimum atomic E-state index is -0.0344. The SMILES string of the molecule is O=c1cnn(CCNc2ccccc2)c2ccccc12. The summed E-state index contributed by atoms with van der Waals surface area (Å²) < 4.78 is 1.85. The smallest absolute Gasteiger partial charge is 0.207 e. The maximum atomic E-state index is 11.7. The maximum Gasteiger partial charge on any atom is 0.207 e. The van der Waals surface area contributed by atoms with Crippen molar-refractivity contribution < 1.29 is 0 Å². The number of benzene rings is 2. The molecule has 4 heteroatoms. The summed E-state index contributed by atoms with van der Waals surface area (Å²) in [6.07, 6.45) is 1.38. The van der Waals surface area contributed by atoms with Gasteiger partial charge in [0.15, 0.2) is 0 Å². The van der Waals surface area contributed by atoms with Crippen molar-refractivity contribution in [1.82, 2.24) is 9.78 Å². The first kappa shape index (κ1) is 12.4. The van der Waals surface area contributed by atoms with Crippen LogP contribution in [0.5, 0.6) is 0 Å². The van der Waals surface area contributed by atoms with E-state index in [0.717, 1.165) is 17.7 Å². The molecule has 3 aromatic rings. The quantitative estimate of drug-likeness (QED) is 0.788. The summed E-state index contributed by atoms with van der Waals surface area (Å²) in [5.74, 6) is 0. The van der Waals surface area contributed by atoms with Crippen LogP contribution in [0.3, 0.4) is 0 Å². The molecular formula is C16H15N3O. The van der Waals surface area contributed by atoms with Gasteiger partial charge < -0.3 is 5.32 Å². The first-order chi connectivity index (χ1) is 9.84. The van der Waals surface area contributed by atoms with Crippen LogP contribution in [-0.4, -0.2) is 16.3 Å². The summed E-state index contributed by atoms with van der Waals surface area (Å²) in [6, 6.07) is 17.6. The Morgan fingerprint density at radius 1 is 1.00 bits per heavy atom. The van der Waals surface area contributed by atoms with Gasteiger partial charge in [-0.25, -0.2) is 0 Å². The molecule has 100 valence electrons. The topological polar surface area (TPSA) is 46.9 Å². The van der Waals surface area contributed by atoms with Crippen LogP contribution < -0.4 is 10.7 Å². The predicted octanol–water partition coefficient (Wildman–Crippen LogP) is 2.51. The highest BCUT2D eigenvalue weighted by atomic mass is 16.1. The molecule has 3 rings (SSSR count). The summed E-state index contributed by atoms with van der Waals surface area (Å²) in [7, 11) is 0. The largest absolute Gasteiger partial charge is 0.383 e. The summed E-state index contributed by atoms with van der Waals surface area (Å²) in [4.78, 5) is 11.7.